The Bertz CT molecular complexity index is 1730. The quantitative estimate of drug-likeness (QED) is 0.301. The van der Waals surface area contributed by atoms with E-state index < -0.39 is 11.5 Å². The summed E-state index contributed by atoms with van der Waals surface area (Å²) in [4.78, 5) is 44.9. The molecule has 1 atom stereocenters. The number of benzene rings is 3. The van der Waals surface area contributed by atoms with E-state index in [2.05, 4.69) is 51.3 Å². The van der Waals surface area contributed by atoms with Crippen LogP contribution in [0.4, 0.5) is 27.5 Å². The molecule has 2 aliphatic heterocycles. The lowest BCUT2D eigenvalue weighted by atomic mass is 9.85. The van der Waals surface area contributed by atoms with Crippen molar-refractivity contribution in [1.82, 2.24) is 4.90 Å². The first-order chi connectivity index (χ1) is 22.6. The maximum absolute atomic E-state index is 14.2. The van der Waals surface area contributed by atoms with Gasteiger partial charge in [0.05, 0.1) is 17.3 Å². The summed E-state index contributed by atoms with van der Waals surface area (Å²) in [6.07, 6.45) is 4.94. The van der Waals surface area contributed by atoms with Gasteiger partial charge in [-0.1, -0.05) is 55.1 Å². The Morgan fingerprint density at radius 3 is 2.40 bits per heavy atom. The molecule has 0 spiro atoms. The largest absolute Gasteiger partial charge is 0.444 e. The lowest BCUT2D eigenvalue weighted by Crippen LogP contribution is -2.50. The number of carbonyl (C=O) groups is 3. The molecule has 1 saturated heterocycles. The van der Waals surface area contributed by atoms with Gasteiger partial charge in [-0.3, -0.25) is 9.59 Å². The highest BCUT2D eigenvalue weighted by atomic mass is 16.6. The van der Waals surface area contributed by atoms with E-state index in [0.717, 1.165) is 33.9 Å². The number of ether oxygens (including phenoxy) is 1. The van der Waals surface area contributed by atoms with Crippen LogP contribution in [0.15, 0.2) is 109 Å². The van der Waals surface area contributed by atoms with Crippen LogP contribution in [-0.4, -0.2) is 61.0 Å². The zero-order valence-electron chi connectivity index (χ0n) is 27.2. The summed E-state index contributed by atoms with van der Waals surface area (Å²) in [5.41, 5.74) is 6.48. The van der Waals surface area contributed by atoms with Gasteiger partial charge in [0.25, 0.3) is 0 Å². The third-order valence-corrected chi connectivity index (χ3v) is 8.54. The number of piperazine rings is 1. The van der Waals surface area contributed by atoms with Crippen molar-refractivity contribution in [2.24, 2.45) is 0 Å². The molecular formula is C38H41N5O4. The minimum atomic E-state index is -0.517. The molecule has 1 aliphatic carbocycles. The highest BCUT2D eigenvalue weighted by Crippen LogP contribution is 2.39. The van der Waals surface area contributed by atoms with Crippen molar-refractivity contribution >= 4 is 40.5 Å². The number of hydrogen-bond acceptors (Lipinski definition) is 7. The normalized spacial score (nSPS) is 17.7. The van der Waals surface area contributed by atoms with Crippen LogP contribution in [0.3, 0.4) is 0 Å². The number of anilines is 4. The second kappa shape index (κ2) is 13.2. The van der Waals surface area contributed by atoms with Crippen LogP contribution in [0, 0.1) is 0 Å². The van der Waals surface area contributed by atoms with E-state index >= 15 is 0 Å². The van der Waals surface area contributed by atoms with Gasteiger partial charge in [-0.2, -0.15) is 0 Å². The van der Waals surface area contributed by atoms with E-state index in [-0.39, 0.29) is 17.8 Å². The molecule has 0 aromatic heterocycles. The van der Waals surface area contributed by atoms with E-state index in [0.29, 0.717) is 50.5 Å². The van der Waals surface area contributed by atoms with Crippen LogP contribution in [-0.2, 0) is 20.9 Å². The molecule has 0 saturated carbocycles. The Labute approximate surface area is 276 Å². The smallest absolute Gasteiger partial charge is 0.410 e. The van der Waals surface area contributed by atoms with Crippen molar-refractivity contribution in [3.05, 3.63) is 120 Å². The molecular weight excluding hydrogens is 590 g/mol. The van der Waals surface area contributed by atoms with Gasteiger partial charge in [-0.15, -0.1) is 0 Å². The van der Waals surface area contributed by atoms with Crippen LogP contribution in [0.2, 0.25) is 0 Å². The average Bonchev–Trinajstić information content (AvgIpc) is 3.21. The second-order valence-electron chi connectivity index (χ2n) is 13.0. The highest BCUT2D eigenvalue weighted by molar-refractivity contribution is 6.06. The number of nitrogens with zero attached hydrogens (tertiary/aromatic N) is 3. The Kier molecular flexibility index (Phi) is 8.89. The standard InChI is InChI=1S/C38H41N5O4/c1-5-35(44)39-28-13-17-33-34(23-28)43(24-26-9-7-6-8-10-26)25-31-32(40-33)18-16-30(36(31)45)27-11-14-29(15-12-27)41-19-21-42(22-20-41)37(46)47-38(2,3)4/h5-18,23,30,40H,1,19-22,24-25H2,2-4H3,(H,39,44). The van der Waals surface area contributed by atoms with Crippen LogP contribution >= 0.6 is 0 Å². The van der Waals surface area contributed by atoms with Gasteiger partial charge in [-0.25, -0.2) is 4.79 Å². The average molecular weight is 632 g/mol. The van der Waals surface area contributed by atoms with E-state index in [1.165, 1.54) is 6.08 Å². The maximum Gasteiger partial charge on any atom is 0.410 e. The summed E-state index contributed by atoms with van der Waals surface area (Å²) in [6.45, 7) is 12.8. The van der Waals surface area contributed by atoms with Crippen molar-refractivity contribution < 1.29 is 19.1 Å². The summed E-state index contributed by atoms with van der Waals surface area (Å²) < 4.78 is 5.53. The first-order valence-corrected chi connectivity index (χ1v) is 16.0. The summed E-state index contributed by atoms with van der Waals surface area (Å²) in [6, 6.07) is 24.0. The Hall–Kier alpha value is -5.31. The lowest BCUT2D eigenvalue weighted by molar-refractivity contribution is -0.116. The summed E-state index contributed by atoms with van der Waals surface area (Å²) >= 11 is 0. The molecule has 1 fully saturated rings. The van der Waals surface area contributed by atoms with Gasteiger partial charge in [0, 0.05) is 61.9 Å². The van der Waals surface area contributed by atoms with Crippen molar-refractivity contribution in [2.75, 3.05) is 53.2 Å². The third kappa shape index (κ3) is 7.25. The topological polar surface area (TPSA) is 94.2 Å². The van der Waals surface area contributed by atoms with E-state index in [1.54, 1.807) is 4.90 Å². The van der Waals surface area contributed by atoms with E-state index in [1.807, 2.05) is 81.5 Å². The lowest BCUT2D eigenvalue weighted by Gasteiger charge is -2.36. The second-order valence-corrected chi connectivity index (χ2v) is 13.0. The van der Waals surface area contributed by atoms with Gasteiger partial charge >= 0.3 is 6.09 Å². The van der Waals surface area contributed by atoms with Crippen molar-refractivity contribution in [2.45, 2.75) is 38.8 Å². The number of allylic oxidation sites excluding steroid dienone is 2. The maximum atomic E-state index is 14.2. The number of rotatable bonds is 6. The summed E-state index contributed by atoms with van der Waals surface area (Å²) in [5.74, 6) is -0.635. The molecule has 2 heterocycles. The zero-order chi connectivity index (χ0) is 33.1. The number of carbonyl (C=O) groups excluding carboxylic acids is 3. The number of hydrogen-bond donors (Lipinski definition) is 2. The number of amides is 2. The fraction of sp³-hybridized carbons (Fsp3) is 0.289. The molecule has 3 aromatic carbocycles. The summed E-state index contributed by atoms with van der Waals surface area (Å²) in [7, 11) is 0. The Balaban J connectivity index is 1.19. The molecule has 2 N–H and O–H groups in total. The number of fused-ring (bicyclic) bond motifs is 1. The SMILES string of the molecule is C=CC(=O)Nc1ccc2c(c1)N(Cc1ccccc1)CC1=C(C=CC(c3ccc(N4CCN(C(=O)OC(C)(C)C)CC4)cc3)C1=O)N2. The van der Waals surface area contributed by atoms with E-state index in [9.17, 15) is 14.4 Å². The fourth-order valence-corrected chi connectivity index (χ4v) is 6.15. The molecule has 242 valence electrons. The number of Topliss-reactive ketones (excluding diaryl/α,β-unsaturated/α-hetero) is 1. The van der Waals surface area contributed by atoms with Gasteiger partial charge in [0.1, 0.15) is 5.60 Å². The highest BCUT2D eigenvalue weighted by Gasteiger charge is 2.32. The van der Waals surface area contributed by atoms with Crippen molar-refractivity contribution in [3.8, 4) is 0 Å². The Morgan fingerprint density at radius 1 is 1.00 bits per heavy atom. The molecule has 47 heavy (non-hydrogen) atoms. The first kappa shape index (κ1) is 31.7. The third-order valence-electron chi connectivity index (χ3n) is 8.54. The predicted octanol–water partition coefficient (Wildman–Crippen LogP) is 6.48. The van der Waals surface area contributed by atoms with Crippen LogP contribution in [0.25, 0.3) is 0 Å². The van der Waals surface area contributed by atoms with Gasteiger partial charge in [-0.05, 0) is 74.4 Å². The molecule has 2 amide bonds. The van der Waals surface area contributed by atoms with Gasteiger partial charge < -0.3 is 30.1 Å². The number of ketones is 1. The molecule has 1 unspecified atom stereocenters. The molecule has 6 rings (SSSR count). The molecule has 0 bridgehead atoms. The van der Waals surface area contributed by atoms with Crippen LogP contribution in [0.1, 0.15) is 37.8 Å². The van der Waals surface area contributed by atoms with E-state index in [4.69, 9.17) is 4.74 Å². The monoisotopic (exact) mass is 631 g/mol. The van der Waals surface area contributed by atoms with Crippen molar-refractivity contribution in [3.63, 3.8) is 0 Å². The molecule has 3 aromatic rings. The van der Waals surface area contributed by atoms with Crippen LogP contribution in [0.5, 0.6) is 0 Å². The van der Waals surface area contributed by atoms with Crippen molar-refractivity contribution in [1.29, 1.82) is 0 Å². The van der Waals surface area contributed by atoms with Gasteiger partial charge in [0.2, 0.25) is 5.91 Å². The summed E-state index contributed by atoms with van der Waals surface area (Å²) in [5, 5.41) is 6.36. The minimum absolute atomic E-state index is 0.0553. The molecule has 3 aliphatic rings. The molecule has 9 nitrogen and oxygen atoms in total. The minimum Gasteiger partial charge on any atom is -0.444 e. The first-order valence-electron chi connectivity index (χ1n) is 16.0. The molecule has 9 heteroatoms. The fourth-order valence-electron chi connectivity index (χ4n) is 6.15. The zero-order valence-corrected chi connectivity index (χ0v) is 27.2. The Morgan fingerprint density at radius 2 is 1.72 bits per heavy atom. The predicted molar refractivity (Wildman–Crippen MR) is 187 cm³/mol. The molecule has 0 radical (unpaired) electrons. The van der Waals surface area contributed by atoms with Gasteiger partial charge in [0.15, 0.2) is 5.78 Å². The number of nitrogens with one attached hydrogen (secondary N) is 2. The van der Waals surface area contributed by atoms with Crippen LogP contribution < -0.4 is 20.4 Å².